The van der Waals surface area contributed by atoms with Gasteiger partial charge in [-0.25, -0.2) is 14.0 Å². The number of benzene rings is 1. The summed E-state index contributed by atoms with van der Waals surface area (Å²) in [6.45, 7) is 5.01. The average molecular weight is 285 g/mol. The van der Waals surface area contributed by atoms with Crippen molar-refractivity contribution >= 4 is 17.7 Å². The smallest absolute Gasteiger partial charge is 0.414 e. The van der Waals surface area contributed by atoms with Gasteiger partial charge in [0.15, 0.2) is 0 Å². The van der Waals surface area contributed by atoms with Gasteiger partial charge in [0.25, 0.3) is 0 Å². The number of phenols is 1. The third-order valence-electron chi connectivity index (χ3n) is 2.32. The summed E-state index contributed by atoms with van der Waals surface area (Å²) in [7, 11) is 1.32. The van der Waals surface area contributed by atoms with Crippen LogP contribution in [0, 0.1) is 5.82 Å². The van der Waals surface area contributed by atoms with Gasteiger partial charge in [0.2, 0.25) is 0 Å². The van der Waals surface area contributed by atoms with E-state index in [9.17, 15) is 19.1 Å². The molecule has 2 N–H and O–H groups in total. The number of anilines is 1. The lowest BCUT2D eigenvalue weighted by molar-refractivity contribution is 0.0588. The third-order valence-corrected chi connectivity index (χ3v) is 2.32. The van der Waals surface area contributed by atoms with Gasteiger partial charge < -0.3 is 14.9 Å². The van der Waals surface area contributed by atoms with Crippen LogP contribution in [0.3, 0.4) is 0 Å². The molecule has 1 aromatic rings. The monoisotopic (exact) mass is 285 g/mol. The molecule has 6 nitrogen and oxygen atoms in total. The van der Waals surface area contributed by atoms with Crippen LogP contribution in [0.15, 0.2) is 12.1 Å². The molecule has 0 bridgehead atoms. The van der Waals surface area contributed by atoms with Gasteiger partial charge in [-0.3, -0.25) is 4.90 Å². The molecule has 0 spiro atoms. The number of amides is 1. The van der Waals surface area contributed by atoms with E-state index in [2.05, 4.69) is 0 Å². The van der Waals surface area contributed by atoms with Crippen LogP contribution in [0.25, 0.3) is 0 Å². The van der Waals surface area contributed by atoms with Crippen molar-refractivity contribution in [3.63, 3.8) is 0 Å². The summed E-state index contributed by atoms with van der Waals surface area (Å²) in [5, 5.41) is 18.2. The van der Waals surface area contributed by atoms with Gasteiger partial charge in [0.1, 0.15) is 22.7 Å². The summed E-state index contributed by atoms with van der Waals surface area (Å²) >= 11 is 0. The van der Waals surface area contributed by atoms with Gasteiger partial charge in [-0.05, 0) is 26.8 Å². The molecule has 0 atom stereocenters. The molecule has 0 saturated carbocycles. The highest BCUT2D eigenvalue weighted by molar-refractivity contribution is 5.93. The summed E-state index contributed by atoms with van der Waals surface area (Å²) in [6, 6.07) is 1.82. The Bertz CT molecular complexity index is 527. The average Bonchev–Trinajstić information content (AvgIpc) is 2.23. The number of halogens is 1. The molecule has 0 unspecified atom stereocenters. The van der Waals surface area contributed by atoms with Crippen LogP contribution in [-0.2, 0) is 4.74 Å². The van der Waals surface area contributed by atoms with Crippen LogP contribution >= 0.6 is 0 Å². The largest absolute Gasteiger partial charge is 0.507 e. The number of nitrogens with zero attached hydrogens (tertiary/aromatic N) is 1. The third kappa shape index (κ3) is 3.59. The second kappa shape index (κ2) is 5.36. The Morgan fingerprint density at radius 1 is 1.30 bits per heavy atom. The van der Waals surface area contributed by atoms with Gasteiger partial charge in [0, 0.05) is 13.1 Å². The Kier molecular flexibility index (Phi) is 4.22. The molecule has 0 radical (unpaired) electrons. The summed E-state index contributed by atoms with van der Waals surface area (Å²) in [5.41, 5.74) is -1.59. The van der Waals surface area contributed by atoms with Gasteiger partial charge in [0.05, 0.1) is 5.69 Å². The summed E-state index contributed by atoms with van der Waals surface area (Å²) in [4.78, 5) is 23.5. The zero-order valence-electron chi connectivity index (χ0n) is 11.6. The van der Waals surface area contributed by atoms with Crippen molar-refractivity contribution in [2.45, 2.75) is 26.4 Å². The van der Waals surface area contributed by atoms with E-state index in [1.54, 1.807) is 20.8 Å². The van der Waals surface area contributed by atoms with E-state index in [1.165, 1.54) is 7.05 Å². The lowest BCUT2D eigenvalue weighted by Crippen LogP contribution is -2.34. The minimum absolute atomic E-state index is 0.0146. The molecule has 1 aromatic carbocycles. The topological polar surface area (TPSA) is 87.1 Å². The Hall–Kier alpha value is -2.31. The molecule has 0 fully saturated rings. The first kappa shape index (κ1) is 15.7. The van der Waals surface area contributed by atoms with Gasteiger partial charge >= 0.3 is 12.1 Å². The van der Waals surface area contributed by atoms with Crippen molar-refractivity contribution < 1.29 is 28.9 Å². The molecule has 1 rings (SSSR count). The lowest BCUT2D eigenvalue weighted by Gasteiger charge is -2.24. The van der Waals surface area contributed by atoms with Crippen molar-refractivity contribution in [2.75, 3.05) is 11.9 Å². The number of ether oxygens (including phenoxy) is 1. The van der Waals surface area contributed by atoms with Gasteiger partial charge in [-0.1, -0.05) is 0 Å². The van der Waals surface area contributed by atoms with Crippen molar-refractivity contribution in [2.24, 2.45) is 0 Å². The first-order valence-corrected chi connectivity index (χ1v) is 5.75. The number of carboxylic acids is 1. The van der Waals surface area contributed by atoms with E-state index >= 15 is 0 Å². The van der Waals surface area contributed by atoms with E-state index in [1.807, 2.05) is 0 Å². The van der Waals surface area contributed by atoms with Crippen LogP contribution in [-0.4, -0.2) is 34.9 Å². The molecule has 20 heavy (non-hydrogen) atoms. The molecule has 1 amide bonds. The maximum Gasteiger partial charge on any atom is 0.414 e. The number of carbonyl (C=O) groups is 2. The number of rotatable bonds is 2. The highest BCUT2D eigenvalue weighted by Crippen LogP contribution is 2.28. The normalized spacial score (nSPS) is 11.1. The number of aromatic carboxylic acids is 1. The van der Waals surface area contributed by atoms with Crippen LogP contribution in [0.1, 0.15) is 31.1 Å². The molecule has 0 aliphatic heterocycles. The minimum Gasteiger partial charge on any atom is -0.507 e. The molecule has 7 heteroatoms. The van der Waals surface area contributed by atoms with E-state index in [-0.39, 0.29) is 5.69 Å². The summed E-state index contributed by atoms with van der Waals surface area (Å²) in [5.74, 6) is -3.49. The van der Waals surface area contributed by atoms with Gasteiger partial charge in [-0.2, -0.15) is 0 Å². The Morgan fingerprint density at radius 3 is 2.25 bits per heavy atom. The molecular formula is C13H16FNO5. The quantitative estimate of drug-likeness (QED) is 0.872. The van der Waals surface area contributed by atoms with Crippen LogP contribution in [0.2, 0.25) is 0 Å². The highest BCUT2D eigenvalue weighted by Gasteiger charge is 2.23. The lowest BCUT2D eigenvalue weighted by atomic mass is 10.1. The molecule has 0 heterocycles. The number of carboxylic acid groups (broad SMARTS) is 1. The van der Waals surface area contributed by atoms with E-state index in [4.69, 9.17) is 9.84 Å². The van der Waals surface area contributed by atoms with Crippen LogP contribution < -0.4 is 4.90 Å². The van der Waals surface area contributed by atoms with Crippen molar-refractivity contribution in [3.05, 3.63) is 23.5 Å². The fourth-order valence-corrected chi connectivity index (χ4v) is 1.42. The highest BCUT2D eigenvalue weighted by atomic mass is 19.1. The Balaban J connectivity index is 3.09. The zero-order chi connectivity index (χ0) is 15.7. The number of carbonyl (C=O) groups excluding carboxylic acids is 1. The Labute approximate surface area is 115 Å². The number of hydrogen-bond donors (Lipinski definition) is 2. The fourth-order valence-electron chi connectivity index (χ4n) is 1.42. The molecule has 110 valence electrons. The van der Waals surface area contributed by atoms with Crippen molar-refractivity contribution in [1.82, 2.24) is 0 Å². The van der Waals surface area contributed by atoms with Gasteiger partial charge in [-0.15, -0.1) is 0 Å². The molecule has 0 aliphatic rings. The molecule has 0 aromatic heterocycles. The summed E-state index contributed by atoms with van der Waals surface area (Å²) < 4.78 is 18.7. The maximum atomic E-state index is 13.6. The predicted molar refractivity (Wildman–Crippen MR) is 69.7 cm³/mol. The second-order valence-electron chi connectivity index (χ2n) is 5.17. The Morgan fingerprint density at radius 2 is 1.85 bits per heavy atom. The predicted octanol–water partition coefficient (Wildman–Crippen LogP) is 2.60. The molecule has 0 aliphatic carbocycles. The molecular weight excluding hydrogens is 269 g/mol. The zero-order valence-corrected chi connectivity index (χ0v) is 11.6. The fraction of sp³-hybridized carbons (Fsp3) is 0.385. The van der Waals surface area contributed by atoms with E-state index in [0.29, 0.717) is 0 Å². The number of aromatic hydroxyl groups is 1. The van der Waals surface area contributed by atoms with Crippen LogP contribution in [0.5, 0.6) is 5.75 Å². The van der Waals surface area contributed by atoms with Crippen molar-refractivity contribution in [3.8, 4) is 5.75 Å². The summed E-state index contributed by atoms with van der Waals surface area (Å²) in [6.07, 6.45) is -0.751. The first-order chi connectivity index (χ1) is 9.03. The SMILES string of the molecule is CN(C(=O)OC(C)(C)C)c1cc(O)c(C(=O)O)c(F)c1. The van der Waals surface area contributed by atoms with E-state index in [0.717, 1.165) is 17.0 Å². The van der Waals surface area contributed by atoms with Crippen molar-refractivity contribution in [1.29, 1.82) is 0 Å². The minimum atomic E-state index is -1.59. The standard InChI is InChI=1S/C13H16FNO5/c1-13(2,3)20-12(19)15(4)7-5-8(14)10(11(17)18)9(16)6-7/h5-6,16H,1-4H3,(H,17,18). The van der Waals surface area contributed by atoms with E-state index < -0.39 is 34.8 Å². The molecule has 0 saturated heterocycles. The second-order valence-corrected chi connectivity index (χ2v) is 5.17. The van der Waals surface area contributed by atoms with Crippen LogP contribution in [0.4, 0.5) is 14.9 Å². The first-order valence-electron chi connectivity index (χ1n) is 5.75. The maximum absolute atomic E-state index is 13.6. The number of hydrogen-bond acceptors (Lipinski definition) is 4.